The number of epoxide rings is 1. The molecule has 1 aliphatic heterocycles. The number of aliphatic hydroxyl groups is 1. The van der Waals surface area contributed by atoms with E-state index in [-0.39, 0.29) is 25.2 Å². The fraction of sp³-hybridized carbons (Fsp3) is 0.913. The van der Waals surface area contributed by atoms with Gasteiger partial charge in [0.2, 0.25) is 0 Å². The maximum absolute atomic E-state index is 12.2. The van der Waals surface area contributed by atoms with Crippen molar-refractivity contribution in [3.63, 3.8) is 0 Å². The first-order valence-electron chi connectivity index (χ1n) is 22.8. The fourth-order valence-electron chi connectivity index (χ4n) is 7.07. The first-order chi connectivity index (χ1) is 25.5. The molecular weight excluding hydrogens is 648 g/mol. The van der Waals surface area contributed by atoms with Gasteiger partial charge in [0.05, 0.1) is 18.8 Å². The minimum Gasteiger partial charge on any atom is -0.462 e. The van der Waals surface area contributed by atoms with Crippen molar-refractivity contribution < 1.29 is 28.9 Å². The van der Waals surface area contributed by atoms with E-state index < -0.39 is 6.10 Å². The monoisotopic (exact) mass is 735 g/mol. The van der Waals surface area contributed by atoms with Crippen molar-refractivity contribution in [2.75, 3.05) is 13.2 Å². The molecule has 306 valence electrons. The molecule has 0 amide bonds. The highest BCUT2D eigenvalue weighted by molar-refractivity contribution is 5.70. The topological polar surface area (TPSA) is 85.4 Å². The molecule has 0 aromatic heterocycles. The molecule has 0 aliphatic carbocycles. The third kappa shape index (κ3) is 32.1. The second-order valence-electron chi connectivity index (χ2n) is 16.1. The van der Waals surface area contributed by atoms with Crippen LogP contribution in [0.25, 0.3) is 0 Å². The Labute approximate surface area is 322 Å². The summed E-state index contributed by atoms with van der Waals surface area (Å²) < 4.78 is 16.4. The van der Waals surface area contributed by atoms with Gasteiger partial charge in [-0.3, -0.25) is 9.59 Å². The van der Waals surface area contributed by atoms with Crippen LogP contribution in [0.15, 0.2) is 12.2 Å². The molecule has 0 radical (unpaired) electrons. The number of allylic oxidation sites excluding steroid dienone is 1. The Balaban J connectivity index is 1.82. The van der Waals surface area contributed by atoms with E-state index in [1.54, 1.807) is 0 Å². The maximum Gasteiger partial charge on any atom is 0.306 e. The minimum atomic E-state index is -0.778. The molecule has 1 rings (SSSR count). The highest BCUT2D eigenvalue weighted by Crippen LogP contribution is 2.30. The van der Waals surface area contributed by atoms with E-state index in [0.29, 0.717) is 25.0 Å². The summed E-state index contributed by atoms with van der Waals surface area (Å²) in [6.07, 6.45) is 44.5. The number of hydrogen-bond acceptors (Lipinski definition) is 6. The molecule has 0 bridgehead atoms. The van der Waals surface area contributed by atoms with Gasteiger partial charge in [-0.2, -0.15) is 0 Å². The highest BCUT2D eigenvalue weighted by Gasteiger charge is 2.36. The van der Waals surface area contributed by atoms with Crippen molar-refractivity contribution in [2.45, 2.75) is 251 Å². The summed E-state index contributed by atoms with van der Waals surface area (Å²) in [7, 11) is 0. The Morgan fingerprint density at radius 1 is 0.615 bits per heavy atom. The molecule has 6 nitrogen and oxygen atoms in total. The van der Waals surface area contributed by atoms with Crippen molar-refractivity contribution in [1.29, 1.82) is 0 Å². The molecule has 1 N–H and O–H groups in total. The molecule has 4 atom stereocenters. The van der Waals surface area contributed by atoms with Crippen LogP contribution in [0.5, 0.6) is 0 Å². The van der Waals surface area contributed by atoms with Gasteiger partial charge in [0.1, 0.15) is 6.61 Å². The summed E-state index contributed by atoms with van der Waals surface area (Å²) in [5.74, 6) is 0.313. The van der Waals surface area contributed by atoms with Crippen LogP contribution in [0.1, 0.15) is 233 Å². The van der Waals surface area contributed by atoms with Gasteiger partial charge in [-0.1, -0.05) is 193 Å². The average molecular weight is 735 g/mol. The van der Waals surface area contributed by atoms with Crippen LogP contribution in [0.2, 0.25) is 0 Å². The lowest BCUT2D eigenvalue weighted by molar-refractivity contribution is -0.161. The Morgan fingerprint density at radius 2 is 1.12 bits per heavy atom. The molecule has 1 fully saturated rings. The first kappa shape index (κ1) is 48.6. The quantitative estimate of drug-likeness (QED) is 0.0292. The number of carbonyl (C=O) groups excluding carboxylic acids is 2. The average Bonchev–Trinajstić information content (AvgIpc) is 3.90. The zero-order valence-corrected chi connectivity index (χ0v) is 34.7. The fourth-order valence-corrected chi connectivity index (χ4v) is 7.07. The molecule has 52 heavy (non-hydrogen) atoms. The largest absolute Gasteiger partial charge is 0.462 e. The molecule has 0 spiro atoms. The number of esters is 2. The van der Waals surface area contributed by atoms with Crippen LogP contribution in [0.3, 0.4) is 0 Å². The zero-order valence-electron chi connectivity index (χ0n) is 34.7. The van der Waals surface area contributed by atoms with Crippen molar-refractivity contribution in [3.05, 3.63) is 12.2 Å². The summed E-state index contributed by atoms with van der Waals surface area (Å²) >= 11 is 0. The van der Waals surface area contributed by atoms with Crippen LogP contribution in [0, 0.1) is 5.92 Å². The Kier molecular flexibility index (Phi) is 34.2. The Morgan fingerprint density at radius 3 is 1.63 bits per heavy atom. The molecule has 0 aromatic carbocycles. The predicted molar refractivity (Wildman–Crippen MR) is 219 cm³/mol. The number of hydrogen-bond donors (Lipinski definition) is 1. The molecule has 0 aromatic rings. The van der Waals surface area contributed by atoms with E-state index in [0.717, 1.165) is 63.7 Å². The minimum absolute atomic E-state index is 0.0697. The first-order valence-corrected chi connectivity index (χ1v) is 22.8. The smallest absolute Gasteiger partial charge is 0.306 e. The molecule has 6 heteroatoms. The van der Waals surface area contributed by atoms with Gasteiger partial charge < -0.3 is 19.3 Å². The molecule has 1 aliphatic rings. The highest BCUT2D eigenvalue weighted by atomic mass is 16.6. The van der Waals surface area contributed by atoms with Crippen LogP contribution in [-0.2, 0) is 23.8 Å². The van der Waals surface area contributed by atoms with Gasteiger partial charge in [-0.15, -0.1) is 0 Å². The normalized spacial score (nSPS) is 16.7. The second-order valence-corrected chi connectivity index (χ2v) is 16.1. The zero-order chi connectivity index (χ0) is 37.7. The summed E-state index contributed by atoms with van der Waals surface area (Å²) in [6.45, 7) is 6.52. The summed E-state index contributed by atoms with van der Waals surface area (Å²) in [6, 6.07) is 0. The third-order valence-electron chi connectivity index (χ3n) is 11.0. The van der Waals surface area contributed by atoms with Crippen molar-refractivity contribution in [3.8, 4) is 0 Å². The summed E-state index contributed by atoms with van der Waals surface area (Å²) in [5.41, 5.74) is 0. The van der Waals surface area contributed by atoms with Gasteiger partial charge >= 0.3 is 11.9 Å². The third-order valence-corrected chi connectivity index (χ3v) is 11.0. The van der Waals surface area contributed by atoms with Gasteiger partial charge in [0.15, 0.2) is 6.10 Å². The van der Waals surface area contributed by atoms with Crippen LogP contribution < -0.4 is 0 Å². The SMILES string of the molecule is CCCCCC1OC1C/C=C\CCCCCCCC(=O)O[C@@H](CO)COC(=O)CCCCCCCCCCCCCCCCCCCCC(C)CC. The van der Waals surface area contributed by atoms with Gasteiger partial charge in [-0.05, 0) is 44.4 Å². The lowest BCUT2D eigenvalue weighted by atomic mass is 9.99. The Bertz CT molecular complexity index is 828. The maximum atomic E-state index is 12.2. The van der Waals surface area contributed by atoms with E-state index in [2.05, 4.69) is 32.9 Å². The van der Waals surface area contributed by atoms with E-state index in [9.17, 15) is 14.7 Å². The van der Waals surface area contributed by atoms with Gasteiger partial charge in [0.25, 0.3) is 0 Å². The lowest BCUT2D eigenvalue weighted by Crippen LogP contribution is -2.28. The molecule has 1 saturated heterocycles. The molecule has 0 saturated carbocycles. The van der Waals surface area contributed by atoms with Crippen molar-refractivity contribution in [1.82, 2.24) is 0 Å². The Hall–Kier alpha value is -1.40. The predicted octanol–water partition coefficient (Wildman–Crippen LogP) is 13.3. The van der Waals surface area contributed by atoms with Crippen molar-refractivity contribution in [2.24, 2.45) is 5.92 Å². The van der Waals surface area contributed by atoms with E-state index in [1.807, 2.05) is 0 Å². The van der Waals surface area contributed by atoms with E-state index in [4.69, 9.17) is 14.2 Å². The summed E-state index contributed by atoms with van der Waals surface area (Å²) in [5, 5.41) is 9.59. The van der Waals surface area contributed by atoms with Crippen LogP contribution in [0.4, 0.5) is 0 Å². The summed E-state index contributed by atoms with van der Waals surface area (Å²) in [4.78, 5) is 24.4. The van der Waals surface area contributed by atoms with Crippen LogP contribution >= 0.6 is 0 Å². The molecule has 1 heterocycles. The number of rotatable bonds is 40. The molecular formula is C46H86O6. The standard InChI is InChI=1S/C46H86O6/c1-4-6-29-35-43-44(52-43)36-31-26-22-19-20-24-28-33-38-46(49)51-42(39-47)40-50-45(48)37-32-27-23-18-16-14-12-10-8-7-9-11-13-15-17-21-25-30-34-41(3)5-2/h26,31,41-44,47H,4-25,27-30,32-40H2,1-3H3/b31-26-/t41?,42-,43?,44?/m0/s1. The number of aliphatic hydroxyl groups excluding tert-OH is 1. The number of ether oxygens (including phenoxy) is 3. The second kappa shape index (κ2) is 36.6. The van der Waals surface area contributed by atoms with Gasteiger partial charge in [0, 0.05) is 12.8 Å². The number of unbranched alkanes of at least 4 members (excludes halogenated alkanes) is 24. The van der Waals surface area contributed by atoms with E-state index >= 15 is 0 Å². The lowest BCUT2D eigenvalue weighted by Gasteiger charge is -2.15. The van der Waals surface area contributed by atoms with Gasteiger partial charge in [-0.25, -0.2) is 0 Å². The van der Waals surface area contributed by atoms with Crippen LogP contribution in [-0.4, -0.2) is 48.6 Å². The number of carbonyl (C=O) groups is 2. The van der Waals surface area contributed by atoms with Crippen molar-refractivity contribution >= 4 is 11.9 Å². The molecule has 3 unspecified atom stereocenters. The van der Waals surface area contributed by atoms with E-state index in [1.165, 1.54) is 141 Å².